The molecule has 0 fully saturated rings. The molecule has 0 bridgehead atoms. The molecule has 0 N–H and O–H groups in total. The molecule has 280 valence electrons. The van der Waals surface area contributed by atoms with Crippen LogP contribution in [0.1, 0.15) is 137 Å². The first-order valence-corrected chi connectivity index (χ1v) is 18.6. The van der Waals surface area contributed by atoms with Crippen LogP contribution in [0.15, 0.2) is 125 Å². The van der Waals surface area contributed by atoms with E-state index in [1.54, 1.807) is 0 Å². The van der Waals surface area contributed by atoms with Crippen LogP contribution in [0.5, 0.6) is 0 Å². The number of nitrogens with zero attached hydrogens (tertiary/aromatic N) is 3. The monoisotopic (exact) mass is 787 g/mol. The maximum absolute atomic E-state index is 5.55. The number of rotatable bonds is 14. The largest absolute Gasteiger partial charge is 2.00 e. The van der Waals surface area contributed by atoms with Gasteiger partial charge in [-0.3, -0.25) is 9.98 Å². The Balaban J connectivity index is 0.00000324. The zero-order valence-electron chi connectivity index (χ0n) is 32.6. The quantitative estimate of drug-likeness (QED) is 0.0876. The van der Waals surface area contributed by atoms with Crippen molar-refractivity contribution in [2.24, 2.45) is 9.98 Å². The molecule has 0 spiro atoms. The predicted molar refractivity (Wildman–Crippen MR) is 215 cm³/mol. The van der Waals surface area contributed by atoms with Crippen LogP contribution in [-0.2, 0) is 29.9 Å². The first-order chi connectivity index (χ1) is 24.1. The maximum Gasteiger partial charge on any atom is 2.00 e. The van der Waals surface area contributed by atoms with Gasteiger partial charge < -0.3 is 24.8 Å². The Morgan fingerprint density at radius 2 is 0.736 bits per heavy atom. The third-order valence-corrected chi connectivity index (χ3v) is 9.51. The van der Waals surface area contributed by atoms with Crippen molar-refractivity contribution < 1.29 is 41.9 Å². The third-order valence-electron chi connectivity index (χ3n) is 9.51. The normalized spacial score (nSPS) is 11.8. The van der Waals surface area contributed by atoms with Gasteiger partial charge in [0.1, 0.15) is 0 Å². The number of aromatic nitrogens is 1. The topological polar surface area (TPSA) is 37.6 Å². The molecule has 0 amide bonds. The van der Waals surface area contributed by atoms with E-state index in [1.807, 2.05) is 0 Å². The molecule has 3 nitrogen and oxygen atoms in total. The van der Waals surface area contributed by atoms with E-state index in [2.05, 4.69) is 171 Å². The second-order valence-corrected chi connectivity index (χ2v) is 14.7. The van der Waals surface area contributed by atoms with Gasteiger partial charge in [0.25, 0.3) is 0 Å². The summed E-state index contributed by atoms with van der Waals surface area (Å²) in [6.45, 7) is 18.1. The van der Waals surface area contributed by atoms with Crippen LogP contribution in [0.25, 0.3) is 0 Å². The number of hydrogen-bond donors (Lipinski definition) is 0. The molecule has 0 radical (unpaired) electrons. The smallest absolute Gasteiger partial charge is 1.00 e. The number of hydrogen-bond acceptors (Lipinski definition) is 3. The Morgan fingerprint density at radius 3 is 1.04 bits per heavy atom. The molecule has 0 atom stereocenters. The number of benzene rings is 4. The molecule has 0 saturated heterocycles. The van der Waals surface area contributed by atoms with E-state index in [4.69, 9.17) is 15.0 Å². The van der Waals surface area contributed by atoms with Crippen molar-refractivity contribution in [1.29, 1.82) is 0 Å². The number of para-hydroxylation sites is 2. The van der Waals surface area contributed by atoms with Gasteiger partial charge in [-0.2, -0.15) is 0 Å². The van der Waals surface area contributed by atoms with E-state index < -0.39 is 0 Å². The van der Waals surface area contributed by atoms with Gasteiger partial charge in [0.2, 0.25) is 0 Å². The van der Waals surface area contributed by atoms with Gasteiger partial charge in [-0.05, 0) is 94.9 Å². The van der Waals surface area contributed by atoms with Gasteiger partial charge in [0.15, 0.2) is 0 Å². The summed E-state index contributed by atoms with van der Waals surface area (Å²) in [5, 5.41) is 0. The summed E-state index contributed by atoms with van der Waals surface area (Å²) in [6.07, 6.45) is 3.35. The van der Waals surface area contributed by atoms with Crippen molar-refractivity contribution in [2.75, 3.05) is 0 Å². The summed E-state index contributed by atoms with van der Waals surface area (Å²) in [5.41, 5.74) is 13.8. The van der Waals surface area contributed by atoms with E-state index >= 15 is 0 Å². The molecular weight excluding hydrogens is 733 g/mol. The van der Waals surface area contributed by atoms with E-state index in [-0.39, 0.29) is 41.9 Å². The van der Waals surface area contributed by atoms with Crippen LogP contribution in [-0.4, -0.2) is 16.4 Å². The van der Waals surface area contributed by atoms with Crippen LogP contribution in [0, 0.1) is 0 Å². The minimum Gasteiger partial charge on any atom is -1.00 e. The van der Waals surface area contributed by atoms with Gasteiger partial charge >= 0.3 is 17.1 Å². The number of aryl methyl sites for hydroxylation is 2. The van der Waals surface area contributed by atoms with Gasteiger partial charge in [0.05, 0.1) is 34.2 Å². The summed E-state index contributed by atoms with van der Waals surface area (Å²) in [4.78, 5) is 16.5. The molecule has 0 saturated carbocycles. The summed E-state index contributed by atoms with van der Waals surface area (Å²) < 4.78 is 0. The molecule has 0 aliphatic heterocycles. The van der Waals surface area contributed by atoms with E-state index in [0.29, 0.717) is 23.7 Å². The SMILES string of the molecule is CC(C)c1cccc(C(C)C)c1N=C(CCc1ccccc1)c1cccc(C(CCc2ccccc2)=Nc2c(C(C)C)cccc2C(C)C)n1.[Cl-].[Cl-].[Fe+2]. The van der Waals surface area contributed by atoms with E-state index in [9.17, 15) is 0 Å². The summed E-state index contributed by atoms with van der Waals surface area (Å²) in [7, 11) is 0. The number of halogens is 2. The summed E-state index contributed by atoms with van der Waals surface area (Å²) in [5.74, 6) is 1.43. The third kappa shape index (κ3) is 12.2. The molecular formula is C47H55Cl2FeN3. The van der Waals surface area contributed by atoms with Gasteiger partial charge in [-0.1, -0.05) is 159 Å². The van der Waals surface area contributed by atoms with E-state index in [0.717, 1.165) is 59.9 Å². The fraction of sp³-hybridized carbons (Fsp3) is 0.340. The van der Waals surface area contributed by atoms with Crippen molar-refractivity contribution in [3.05, 3.63) is 160 Å². The second-order valence-electron chi connectivity index (χ2n) is 14.7. The zero-order valence-corrected chi connectivity index (χ0v) is 35.2. The Labute approximate surface area is 342 Å². The summed E-state index contributed by atoms with van der Waals surface area (Å²) >= 11 is 0. The standard InChI is InChI=1S/C47H55N3.2ClH.Fe/c1-32(2)38-22-15-23-39(33(3)4)46(38)49-44(30-28-36-18-11-9-12-19-36)42-26-17-27-43(48-42)45(31-29-37-20-13-10-14-21-37)50-47-40(34(5)6)24-16-25-41(47)35(7)8;;;/h9-27,32-35H,28-31H2,1-8H3;2*1H;/q;;;+2/p-2. The van der Waals surface area contributed by atoms with Gasteiger partial charge in [-0.25, -0.2) is 4.98 Å². The molecule has 0 unspecified atom stereocenters. The Bertz CT molecular complexity index is 1730. The Morgan fingerprint density at radius 1 is 0.434 bits per heavy atom. The summed E-state index contributed by atoms with van der Waals surface area (Å²) in [6, 6.07) is 41.2. The molecule has 6 heteroatoms. The zero-order chi connectivity index (χ0) is 35.6. The Kier molecular flexibility index (Phi) is 18.9. The van der Waals surface area contributed by atoms with Crippen molar-refractivity contribution in [1.82, 2.24) is 4.98 Å². The van der Waals surface area contributed by atoms with Crippen LogP contribution in [0.2, 0.25) is 0 Å². The van der Waals surface area contributed by atoms with Gasteiger partial charge in [-0.15, -0.1) is 0 Å². The first kappa shape index (κ1) is 45.6. The molecule has 5 aromatic rings. The first-order valence-electron chi connectivity index (χ1n) is 18.6. The minimum absolute atomic E-state index is 0. The van der Waals surface area contributed by atoms with E-state index in [1.165, 1.54) is 33.4 Å². The van der Waals surface area contributed by atoms with Crippen molar-refractivity contribution in [3.8, 4) is 0 Å². The number of pyridine rings is 1. The second kappa shape index (κ2) is 22.0. The minimum atomic E-state index is 0. The molecule has 1 heterocycles. The van der Waals surface area contributed by atoms with Gasteiger partial charge in [0, 0.05) is 0 Å². The molecule has 53 heavy (non-hydrogen) atoms. The van der Waals surface area contributed by atoms with Crippen LogP contribution < -0.4 is 24.8 Å². The Hall–Kier alpha value is -3.53. The molecule has 0 aliphatic carbocycles. The van der Waals surface area contributed by atoms with Crippen molar-refractivity contribution >= 4 is 22.8 Å². The van der Waals surface area contributed by atoms with Crippen LogP contribution >= 0.6 is 0 Å². The molecule has 5 rings (SSSR count). The predicted octanol–water partition coefficient (Wildman–Crippen LogP) is 7.09. The van der Waals surface area contributed by atoms with Crippen molar-refractivity contribution in [2.45, 2.75) is 105 Å². The average Bonchev–Trinajstić information content (AvgIpc) is 3.12. The fourth-order valence-electron chi connectivity index (χ4n) is 6.61. The maximum atomic E-state index is 5.55. The average molecular weight is 789 g/mol. The van der Waals surface area contributed by atoms with Crippen LogP contribution in [0.4, 0.5) is 11.4 Å². The van der Waals surface area contributed by atoms with Crippen LogP contribution in [0.3, 0.4) is 0 Å². The van der Waals surface area contributed by atoms with Crippen molar-refractivity contribution in [3.63, 3.8) is 0 Å². The molecule has 1 aromatic heterocycles. The fourth-order valence-corrected chi connectivity index (χ4v) is 6.61. The molecule has 4 aromatic carbocycles. The molecule has 0 aliphatic rings. The number of aliphatic imine (C=N–C) groups is 2.